The van der Waals surface area contributed by atoms with Gasteiger partial charge < -0.3 is 14.0 Å². The molecule has 3 rings (SSSR count). The summed E-state index contributed by atoms with van der Waals surface area (Å²) in [6, 6.07) is 5.44. The number of benzene rings is 1. The molecule has 0 N–H and O–H groups in total. The van der Waals surface area contributed by atoms with Crippen LogP contribution in [0.3, 0.4) is 0 Å². The first kappa shape index (κ1) is 17.2. The summed E-state index contributed by atoms with van der Waals surface area (Å²) in [4.78, 5) is 17.3. The number of methoxy groups -OCH3 is 2. The number of carbonyl (C=O) groups is 1. The van der Waals surface area contributed by atoms with Crippen molar-refractivity contribution in [2.75, 3.05) is 14.2 Å². The molecule has 25 heavy (non-hydrogen) atoms. The number of aromatic nitrogens is 3. The SMILES string of the molecule is CCn1nc(C(=O)N=c2sc3c(OC)ccc(OC)c3n2C)cc1C. The monoisotopic (exact) mass is 360 g/mol. The first-order chi connectivity index (χ1) is 12.0. The second kappa shape index (κ2) is 6.72. The van der Waals surface area contributed by atoms with Gasteiger partial charge in [0.05, 0.1) is 14.2 Å². The lowest BCUT2D eigenvalue weighted by atomic mass is 10.3. The van der Waals surface area contributed by atoms with Gasteiger partial charge in [-0.05, 0) is 32.0 Å². The number of aryl methyl sites for hydroxylation is 3. The van der Waals surface area contributed by atoms with E-state index in [1.54, 1.807) is 25.0 Å². The smallest absolute Gasteiger partial charge is 0.300 e. The molecular formula is C17H20N4O3S. The molecule has 1 amide bonds. The number of amides is 1. The van der Waals surface area contributed by atoms with Crippen LogP contribution in [0, 0.1) is 6.92 Å². The van der Waals surface area contributed by atoms with Crippen molar-refractivity contribution in [3.8, 4) is 11.5 Å². The Hall–Kier alpha value is -2.61. The summed E-state index contributed by atoms with van der Waals surface area (Å²) in [7, 11) is 5.08. The fourth-order valence-corrected chi connectivity index (χ4v) is 3.83. The predicted octanol–water partition coefficient (Wildman–Crippen LogP) is 2.52. The number of nitrogens with zero attached hydrogens (tertiary/aromatic N) is 4. The molecule has 0 bridgehead atoms. The number of hydrogen-bond donors (Lipinski definition) is 0. The number of thiazole rings is 1. The van der Waals surface area contributed by atoms with Crippen LogP contribution in [0.1, 0.15) is 23.1 Å². The molecule has 0 spiro atoms. The Kier molecular flexibility index (Phi) is 4.63. The van der Waals surface area contributed by atoms with Crippen LogP contribution in [-0.4, -0.2) is 34.5 Å². The third-order valence-corrected chi connectivity index (χ3v) is 5.16. The second-order valence-corrected chi connectivity index (χ2v) is 6.47. The van der Waals surface area contributed by atoms with Crippen molar-refractivity contribution < 1.29 is 14.3 Å². The van der Waals surface area contributed by atoms with Gasteiger partial charge in [-0.1, -0.05) is 11.3 Å². The lowest BCUT2D eigenvalue weighted by molar-refractivity contribution is 0.0992. The molecule has 0 atom stereocenters. The molecule has 2 aromatic heterocycles. The van der Waals surface area contributed by atoms with E-state index < -0.39 is 0 Å². The van der Waals surface area contributed by atoms with E-state index in [9.17, 15) is 4.79 Å². The third kappa shape index (κ3) is 2.93. The van der Waals surface area contributed by atoms with Gasteiger partial charge in [-0.3, -0.25) is 9.48 Å². The van der Waals surface area contributed by atoms with Crippen LogP contribution in [0.4, 0.5) is 0 Å². The zero-order chi connectivity index (χ0) is 18.1. The molecule has 0 saturated heterocycles. The van der Waals surface area contributed by atoms with E-state index in [-0.39, 0.29) is 5.91 Å². The summed E-state index contributed by atoms with van der Waals surface area (Å²) >= 11 is 1.38. The largest absolute Gasteiger partial charge is 0.495 e. The summed E-state index contributed by atoms with van der Waals surface area (Å²) in [6.45, 7) is 4.61. The van der Waals surface area contributed by atoms with Gasteiger partial charge in [0.25, 0.3) is 5.91 Å². The summed E-state index contributed by atoms with van der Waals surface area (Å²) in [5.74, 6) is 1.06. The van der Waals surface area contributed by atoms with E-state index in [4.69, 9.17) is 9.47 Å². The van der Waals surface area contributed by atoms with Gasteiger partial charge >= 0.3 is 0 Å². The highest BCUT2D eigenvalue weighted by molar-refractivity contribution is 7.16. The van der Waals surface area contributed by atoms with Gasteiger partial charge in [0, 0.05) is 19.3 Å². The molecule has 0 fully saturated rings. The standard InChI is InChI=1S/C17H20N4O3S/c1-6-21-10(2)9-11(19-21)16(22)18-17-20(3)14-12(23-4)7-8-13(24-5)15(14)25-17/h7-9H,6H2,1-5H3. The van der Waals surface area contributed by atoms with Crippen LogP contribution in [0.25, 0.3) is 10.2 Å². The maximum atomic E-state index is 12.5. The molecule has 0 saturated carbocycles. The fourth-order valence-electron chi connectivity index (χ4n) is 2.71. The zero-order valence-corrected chi connectivity index (χ0v) is 15.7. The molecule has 7 nitrogen and oxygen atoms in total. The Morgan fingerprint density at radius 2 is 1.96 bits per heavy atom. The highest BCUT2D eigenvalue weighted by Gasteiger charge is 2.16. The lowest BCUT2D eigenvalue weighted by Crippen LogP contribution is -2.14. The van der Waals surface area contributed by atoms with Crippen LogP contribution in [0.2, 0.25) is 0 Å². The number of ether oxygens (including phenoxy) is 2. The van der Waals surface area contributed by atoms with Crippen LogP contribution in [-0.2, 0) is 13.6 Å². The summed E-state index contributed by atoms with van der Waals surface area (Å²) < 4.78 is 15.3. The van der Waals surface area contributed by atoms with Crippen molar-refractivity contribution in [2.45, 2.75) is 20.4 Å². The topological polar surface area (TPSA) is 70.6 Å². The summed E-state index contributed by atoms with van der Waals surface area (Å²) in [6.07, 6.45) is 0. The number of hydrogen-bond acceptors (Lipinski definition) is 5. The molecule has 0 aliphatic carbocycles. The van der Waals surface area contributed by atoms with Gasteiger partial charge in [-0.25, -0.2) is 0 Å². The average Bonchev–Trinajstić information content (AvgIpc) is 3.15. The van der Waals surface area contributed by atoms with Crippen LogP contribution in [0.15, 0.2) is 23.2 Å². The van der Waals surface area contributed by atoms with Crippen molar-refractivity contribution in [1.29, 1.82) is 0 Å². The molecule has 0 aliphatic rings. The first-order valence-corrected chi connectivity index (χ1v) is 8.65. The summed E-state index contributed by atoms with van der Waals surface area (Å²) in [5, 5.41) is 4.29. The van der Waals surface area contributed by atoms with E-state index in [0.29, 0.717) is 22.8 Å². The Labute approximate surface area is 149 Å². The number of carbonyl (C=O) groups excluding carboxylic acids is 1. The minimum absolute atomic E-state index is 0.343. The maximum Gasteiger partial charge on any atom is 0.300 e. The Morgan fingerprint density at radius 1 is 1.28 bits per heavy atom. The van der Waals surface area contributed by atoms with E-state index in [1.165, 1.54) is 11.3 Å². The van der Waals surface area contributed by atoms with Crippen molar-refractivity contribution in [3.05, 3.63) is 34.4 Å². The van der Waals surface area contributed by atoms with Crippen molar-refractivity contribution >= 4 is 27.5 Å². The van der Waals surface area contributed by atoms with E-state index >= 15 is 0 Å². The molecule has 0 unspecified atom stereocenters. The fraction of sp³-hybridized carbons (Fsp3) is 0.353. The van der Waals surface area contributed by atoms with Gasteiger partial charge in [-0.2, -0.15) is 10.1 Å². The molecule has 0 radical (unpaired) electrons. The Balaban J connectivity index is 2.16. The highest BCUT2D eigenvalue weighted by atomic mass is 32.1. The normalized spacial score (nSPS) is 12.0. The lowest BCUT2D eigenvalue weighted by Gasteiger charge is -2.06. The van der Waals surface area contributed by atoms with Gasteiger partial charge in [0.1, 0.15) is 21.7 Å². The molecule has 132 valence electrons. The van der Waals surface area contributed by atoms with E-state index in [0.717, 1.165) is 21.7 Å². The number of fused-ring (bicyclic) bond motifs is 1. The maximum absolute atomic E-state index is 12.5. The molecule has 8 heteroatoms. The second-order valence-electron chi connectivity index (χ2n) is 5.50. The zero-order valence-electron chi connectivity index (χ0n) is 14.9. The Bertz CT molecular complexity index is 1010. The van der Waals surface area contributed by atoms with Crippen molar-refractivity contribution in [2.24, 2.45) is 12.0 Å². The molecule has 1 aromatic carbocycles. The van der Waals surface area contributed by atoms with Crippen LogP contribution >= 0.6 is 11.3 Å². The van der Waals surface area contributed by atoms with Crippen molar-refractivity contribution in [1.82, 2.24) is 14.3 Å². The predicted molar refractivity (Wildman–Crippen MR) is 96.4 cm³/mol. The number of rotatable bonds is 4. The first-order valence-electron chi connectivity index (χ1n) is 7.84. The van der Waals surface area contributed by atoms with E-state index in [2.05, 4.69) is 10.1 Å². The van der Waals surface area contributed by atoms with Crippen LogP contribution in [0.5, 0.6) is 11.5 Å². The molecule has 3 aromatic rings. The minimum atomic E-state index is -0.365. The van der Waals surface area contributed by atoms with E-state index in [1.807, 2.05) is 37.6 Å². The van der Waals surface area contributed by atoms with Gasteiger partial charge in [-0.15, -0.1) is 0 Å². The molecular weight excluding hydrogens is 340 g/mol. The van der Waals surface area contributed by atoms with Crippen LogP contribution < -0.4 is 14.3 Å². The third-order valence-electron chi connectivity index (χ3n) is 4.01. The Morgan fingerprint density at radius 3 is 2.56 bits per heavy atom. The molecule has 2 heterocycles. The summed E-state index contributed by atoms with van der Waals surface area (Å²) in [5.41, 5.74) is 2.12. The quantitative estimate of drug-likeness (QED) is 0.717. The van der Waals surface area contributed by atoms with Gasteiger partial charge in [0.15, 0.2) is 10.5 Å². The van der Waals surface area contributed by atoms with Crippen molar-refractivity contribution in [3.63, 3.8) is 0 Å². The molecule has 0 aliphatic heterocycles. The highest BCUT2D eigenvalue weighted by Crippen LogP contribution is 2.34. The average molecular weight is 360 g/mol. The van der Waals surface area contributed by atoms with Gasteiger partial charge in [0.2, 0.25) is 0 Å². The minimum Gasteiger partial charge on any atom is -0.495 e.